The molecule has 0 aromatic carbocycles. The van der Waals surface area contributed by atoms with Gasteiger partial charge in [-0.2, -0.15) is 0 Å². The smallest absolute Gasteiger partial charge is 0.339 e. The number of hydrogen-bond donors (Lipinski definition) is 1. The zero-order chi connectivity index (χ0) is 9.14. The third-order valence-corrected chi connectivity index (χ3v) is 1.49. The molecule has 0 aliphatic rings. The van der Waals surface area contributed by atoms with Gasteiger partial charge in [-0.15, -0.1) is 0 Å². The summed E-state index contributed by atoms with van der Waals surface area (Å²) >= 11 is 0. The molecule has 0 spiro atoms. The summed E-state index contributed by atoms with van der Waals surface area (Å²) in [5, 5.41) is 8.65. The molecule has 0 aliphatic heterocycles. The van der Waals surface area contributed by atoms with Crippen LogP contribution in [0.1, 0.15) is 21.9 Å². The number of rotatable bonds is 3. The number of ether oxygens (including phenoxy) is 1. The summed E-state index contributed by atoms with van der Waals surface area (Å²) in [6.07, 6.45) is 0. The number of aryl methyl sites for hydroxylation is 1. The number of furan rings is 1. The highest BCUT2D eigenvalue weighted by molar-refractivity contribution is 5.88. The Morgan fingerprint density at radius 3 is 2.83 bits per heavy atom. The normalized spacial score (nSPS) is 10.2. The van der Waals surface area contributed by atoms with Gasteiger partial charge in [0.1, 0.15) is 23.7 Å². The van der Waals surface area contributed by atoms with Gasteiger partial charge in [-0.05, 0) is 13.0 Å². The molecule has 1 heterocycles. The van der Waals surface area contributed by atoms with Crippen LogP contribution in [0, 0.1) is 6.92 Å². The maximum Gasteiger partial charge on any atom is 0.339 e. The fourth-order valence-corrected chi connectivity index (χ4v) is 0.969. The molecule has 1 aromatic heterocycles. The van der Waals surface area contributed by atoms with Crippen molar-refractivity contribution in [2.45, 2.75) is 13.5 Å². The Morgan fingerprint density at radius 1 is 1.75 bits per heavy atom. The third-order valence-electron chi connectivity index (χ3n) is 1.49. The first-order valence-electron chi connectivity index (χ1n) is 3.46. The first-order valence-corrected chi connectivity index (χ1v) is 3.46. The number of carboxylic acids is 1. The molecular formula is C8H10O4. The molecule has 1 rings (SSSR count). The van der Waals surface area contributed by atoms with Crippen LogP contribution in [0.2, 0.25) is 0 Å². The van der Waals surface area contributed by atoms with Crippen molar-refractivity contribution in [1.82, 2.24) is 0 Å². The Morgan fingerprint density at radius 2 is 2.42 bits per heavy atom. The zero-order valence-electron chi connectivity index (χ0n) is 6.96. The topological polar surface area (TPSA) is 59.7 Å². The molecule has 4 nitrogen and oxygen atoms in total. The van der Waals surface area contributed by atoms with Crippen LogP contribution in [0.3, 0.4) is 0 Å². The Balaban J connectivity index is 2.92. The molecule has 1 aromatic rings. The SMILES string of the molecule is COCc1cc(C(=O)O)c(C)o1. The van der Waals surface area contributed by atoms with Crippen LogP contribution in [0.25, 0.3) is 0 Å². The second-order valence-corrected chi connectivity index (χ2v) is 2.42. The fourth-order valence-electron chi connectivity index (χ4n) is 0.969. The summed E-state index contributed by atoms with van der Waals surface area (Å²) in [7, 11) is 1.53. The number of carboxylic acid groups (broad SMARTS) is 1. The molecule has 0 saturated heterocycles. The predicted octanol–water partition coefficient (Wildman–Crippen LogP) is 1.43. The minimum Gasteiger partial charge on any atom is -0.478 e. The van der Waals surface area contributed by atoms with Gasteiger partial charge in [-0.1, -0.05) is 0 Å². The molecule has 66 valence electrons. The van der Waals surface area contributed by atoms with Crippen molar-refractivity contribution in [2.75, 3.05) is 7.11 Å². The lowest BCUT2D eigenvalue weighted by molar-refractivity contribution is 0.0695. The van der Waals surface area contributed by atoms with E-state index in [-0.39, 0.29) is 5.56 Å². The van der Waals surface area contributed by atoms with Crippen molar-refractivity contribution < 1.29 is 19.1 Å². The quantitative estimate of drug-likeness (QED) is 0.745. The zero-order valence-corrected chi connectivity index (χ0v) is 6.96. The molecule has 0 saturated carbocycles. The molecule has 0 radical (unpaired) electrons. The average Bonchev–Trinajstić information content (AvgIpc) is 2.32. The van der Waals surface area contributed by atoms with Gasteiger partial charge in [0.2, 0.25) is 0 Å². The van der Waals surface area contributed by atoms with Gasteiger partial charge in [0, 0.05) is 7.11 Å². The average molecular weight is 170 g/mol. The summed E-state index contributed by atoms with van der Waals surface area (Å²) in [5.74, 6) is -0.0273. The lowest BCUT2D eigenvalue weighted by Gasteiger charge is -1.90. The van der Waals surface area contributed by atoms with E-state index in [2.05, 4.69) is 0 Å². The van der Waals surface area contributed by atoms with Gasteiger partial charge in [0.15, 0.2) is 0 Å². The first kappa shape index (κ1) is 8.80. The van der Waals surface area contributed by atoms with Gasteiger partial charge in [-0.25, -0.2) is 4.79 Å². The monoisotopic (exact) mass is 170 g/mol. The van der Waals surface area contributed by atoms with Crippen molar-refractivity contribution in [3.05, 3.63) is 23.2 Å². The number of hydrogen-bond acceptors (Lipinski definition) is 3. The van der Waals surface area contributed by atoms with E-state index in [0.717, 1.165) is 0 Å². The van der Waals surface area contributed by atoms with Gasteiger partial charge >= 0.3 is 5.97 Å². The van der Waals surface area contributed by atoms with Gasteiger partial charge in [-0.3, -0.25) is 0 Å². The van der Waals surface area contributed by atoms with Crippen LogP contribution in [-0.2, 0) is 11.3 Å². The van der Waals surface area contributed by atoms with E-state index in [9.17, 15) is 4.79 Å². The van der Waals surface area contributed by atoms with Crippen molar-refractivity contribution in [3.8, 4) is 0 Å². The molecule has 0 unspecified atom stereocenters. The summed E-state index contributed by atoms with van der Waals surface area (Å²) in [4.78, 5) is 10.5. The van der Waals surface area contributed by atoms with Crippen LogP contribution in [0.4, 0.5) is 0 Å². The molecule has 0 bridgehead atoms. The summed E-state index contributed by atoms with van der Waals surface area (Å²) in [5.41, 5.74) is 0.196. The maximum absolute atomic E-state index is 10.5. The molecule has 0 amide bonds. The minimum atomic E-state index is -0.974. The lowest BCUT2D eigenvalue weighted by Crippen LogP contribution is -1.95. The Hall–Kier alpha value is -1.29. The van der Waals surface area contributed by atoms with E-state index in [1.54, 1.807) is 6.92 Å². The molecule has 4 heteroatoms. The largest absolute Gasteiger partial charge is 0.478 e. The molecule has 1 N–H and O–H groups in total. The Labute approximate surface area is 69.8 Å². The highest BCUT2D eigenvalue weighted by atomic mass is 16.5. The highest BCUT2D eigenvalue weighted by Crippen LogP contribution is 2.14. The maximum atomic E-state index is 10.5. The van der Waals surface area contributed by atoms with E-state index in [1.165, 1.54) is 13.2 Å². The van der Waals surface area contributed by atoms with Crippen LogP contribution in [0.15, 0.2) is 10.5 Å². The second-order valence-electron chi connectivity index (χ2n) is 2.42. The third kappa shape index (κ3) is 1.65. The van der Waals surface area contributed by atoms with Crippen LogP contribution >= 0.6 is 0 Å². The summed E-state index contributed by atoms with van der Waals surface area (Å²) in [6, 6.07) is 1.47. The van der Waals surface area contributed by atoms with Gasteiger partial charge in [0.05, 0.1) is 0 Å². The molecule has 12 heavy (non-hydrogen) atoms. The first-order chi connectivity index (χ1) is 5.65. The van der Waals surface area contributed by atoms with Crippen LogP contribution < -0.4 is 0 Å². The van der Waals surface area contributed by atoms with E-state index < -0.39 is 5.97 Å². The molecule has 0 aliphatic carbocycles. The van der Waals surface area contributed by atoms with Gasteiger partial charge < -0.3 is 14.3 Å². The predicted molar refractivity (Wildman–Crippen MR) is 41.1 cm³/mol. The van der Waals surface area contributed by atoms with E-state index in [4.69, 9.17) is 14.3 Å². The highest BCUT2D eigenvalue weighted by Gasteiger charge is 2.12. The van der Waals surface area contributed by atoms with Crippen molar-refractivity contribution in [3.63, 3.8) is 0 Å². The van der Waals surface area contributed by atoms with Crippen molar-refractivity contribution in [1.29, 1.82) is 0 Å². The van der Waals surface area contributed by atoms with Gasteiger partial charge in [0.25, 0.3) is 0 Å². The fraction of sp³-hybridized carbons (Fsp3) is 0.375. The van der Waals surface area contributed by atoms with E-state index in [0.29, 0.717) is 18.1 Å². The standard InChI is InChI=1S/C8H10O4/c1-5-7(8(9)10)3-6(12-5)4-11-2/h3H,4H2,1-2H3,(H,9,10). The summed E-state index contributed by atoms with van der Waals surface area (Å²) in [6.45, 7) is 1.91. The Bertz CT molecular complexity index is 287. The Kier molecular flexibility index (Phi) is 2.50. The molecule has 0 fully saturated rings. The van der Waals surface area contributed by atoms with E-state index >= 15 is 0 Å². The minimum absolute atomic E-state index is 0.196. The summed E-state index contributed by atoms with van der Waals surface area (Å²) < 4.78 is 9.90. The molecular weight excluding hydrogens is 160 g/mol. The number of methoxy groups -OCH3 is 1. The van der Waals surface area contributed by atoms with Crippen molar-refractivity contribution in [2.24, 2.45) is 0 Å². The lowest BCUT2D eigenvalue weighted by atomic mass is 10.2. The van der Waals surface area contributed by atoms with Crippen LogP contribution in [-0.4, -0.2) is 18.2 Å². The van der Waals surface area contributed by atoms with Crippen LogP contribution in [0.5, 0.6) is 0 Å². The number of carbonyl (C=O) groups is 1. The van der Waals surface area contributed by atoms with E-state index in [1.807, 2.05) is 0 Å². The number of aromatic carboxylic acids is 1. The van der Waals surface area contributed by atoms with Crippen molar-refractivity contribution >= 4 is 5.97 Å². The second kappa shape index (κ2) is 3.40. The molecule has 0 atom stereocenters.